The Morgan fingerprint density at radius 3 is 3.14 bits per heavy atom. The molecule has 2 aliphatic carbocycles. The van der Waals surface area contributed by atoms with Gasteiger partial charge in [0.1, 0.15) is 5.94 Å². The highest BCUT2D eigenvalue weighted by Crippen LogP contribution is 2.52. The molecule has 104 valence electrons. The fourth-order valence-electron chi connectivity index (χ4n) is 4.75. The van der Waals surface area contributed by atoms with E-state index in [2.05, 4.69) is 53.2 Å². The second-order valence-electron chi connectivity index (χ2n) is 6.53. The second kappa shape index (κ2) is 3.76. The number of hydrogen-bond donors (Lipinski definition) is 1. The molecule has 0 bridgehead atoms. The summed E-state index contributed by atoms with van der Waals surface area (Å²) in [7, 11) is 2.14. The zero-order valence-corrected chi connectivity index (χ0v) is 11.9. The Bertz CT molecular complexity index is 853. The van der Waals surface area contributed by atoms with E-state index in [9.17, 15) is 4.79 Å². The number of aromatic nitrogens is 1. The van der Waals surface area contributed by atoms with E-state index in [1.165, 1.54) is 27.7 Å². The maximum Gasteiger partial charge on any atom is 0.124 e. The summed E-state index contributed by atoms with van der Waals surface area (Å²) in [6.45, 7) is 0.750. The molecule has 5 rings (SSSR count). The van der Waals surface area contributed by atoms with Crippen molar-refractivity contribution in [2.24, 2.45) is 0 Å². The first-order chi connectivity index (χ1) is 10.3. The average Bonchev–Trinajstić information content (AvgIpc) is 3.06. The minimum Gasteiger partial charge on any atom is -0.355 e. The summed E-state index contributed by atoms with van der Waals surface area (Å²) in [5.74, 6) is 3.01. The Labute approximate surface area is 122 Å². The topological polar surface area (TPSA) is 36.1 Å². The molecule has 1 fully saturated rings. The molecule has 0 amide bonds. The second-order valence-corrected chi connectivity index (χ2v) is 6.53. The van der Waals surface area contributed by atoms with Crippen LogP contribution in [-0.2, 0) is 4.79 Å². The van der Waals surface area contributed by atoms with Crippen molar-refractivity contribution in [1.82, 2.24) is 9.88 Å². The molecular weight excluding hydrogens is 260 g/mol. The molecule has 2 unspecified atom stereocenters. The van der Waals surface area contributed by atoms with Crippen molar-refractivity contribution < 1.29 is 4.79 Å². The molecule has 2 heterocycles. The summed E-state index contributed by atoms with van der Waals surface area (Å²) in [6, 6.07) is 6.98. The number of aromatic amines is 1. The van der Waals surface area contributed by atoms with Gasteiger partial charge < -0.3 is 4.98 Å². The normalized spacial score (nSPS) is 29.8. The van der Waals surface area contributed by atoms with E-state index in [1.54, 1.807) is 0 Å². The molecule has 1 aliphatic heterocycles. The van der Waals surface area contributed by atoms with Crippen molar-refractivity contribution in [3.8, 4) is 0 Å². The van der Waals surface area contributed by atoms with Crippen molar-refractivity contribution >= 4 is 22.9 Å². The molecule has 0 saturated carbocycles. The lowest BCUT2D eigenvalue weighted by Crippen LogP contribution is -2.47. The van der Waals surface area contributed by atoms with Crippen LogP contribution >= 0.6 is 0 Å². The van der Waals surface area contributed by atoms with Crippen LogP contribution in [-0.4, -0.2) is 35.5 Å². The van der Waals surface area contributed by atoms with E-state index in [4.69, 9.17) is 0 Å². The first kappa shape index (κ1) is 11.6. The molecule has 3 atom stereocenters. The zero-order valence-electron chi connectivity index (χ0n) is 11.9. The number of piperidine rings is 1. The van der Waals surface area contributed by atoms with E-state index < -0.39 is 0 Å². The summed E-state index contributed by atoms with van der Waals surface area (Å²) in [4.78, 5) is 17.1. The van der Waals surface area contributed by atoms with Crippen molar-refractivity contribution in [3.63, 3.8) is 0 Å². The van der Waals surface area contributed by atoms with Crippen LogP contribution in [0.1, 0.15) is 35.1 Å². The highest BCUT2D eigenvalue weighted by molar-refractivity contribution is 5.94. The van der Waals surface area contributed by atoms with Gasteiger partial charge in [-0.05, 0) is 36.7 Å². The van der Waals surface area contributed by atoms with Crippen LogP contribution in [0.3, 0.4) is 0 Å². The van der Waals surface area contributed by atoms with E-state index in [1.807, 2.05) is 0 Å². The maximum absolute atomic E-state index is 11.2. The minimum atomic E-state index is 0.396. The predicted molar refractivity (Wildman–Crippen MR) is 83.1 cm³/mol. The van der Waals surface area contributed by atoms with Crippen LogP contribution in [0, 0.1) is 0 Å². The third-order valence-electron chi connectivity index (χ3n) is 5.47. The van der Waals surface area contributed by atoms with Gasteiger partial charge in [0.25, 0.3) is 0 Å². The van der Waals surface area contributed by atoms with Gasteiger partial charge in [-0.1, -0.05) is 18.2 Å². The van der Waals surface area contributed by atoms with Crippen molar-refractivity contribution in [2.75, 3.05) is 13.6 Å². The molecule has 3 aliphatic rings. The van der Waals surface area contributed by atoms with Crippen LogP contribution < -0.4 is 0 Å². The molecule has 1 N–H and O–H groups in total. The van der Waals surface area contributed by atoms with Gasteiger partial charge in [-0.3, -0.25) is 4.90 Å². The molecule has 2 aromatic rings. The SMILES string of the molecule is CN1CC(=C=O)CC2c3cccc4[nH]c5c(c34)C(C=C5)[C@H]21. The average molecular weight is 276 g/mol. The molecule has 1 saturated heterocycles. The third kappa shape index (κ3) is 1.31. The molecule has 3 heteroatoms. The summed E-state index contributed by atoms with van der Waals surface area (Å²) in [6.07, 6.45) is 5.41. The van der Waals surface area contributed by atoms with Crippen LogP contribution in [0.25, 0.3) is 17.0 Å². The van der Waals surface area contributed by atoms with Gasteiger partial charge in [-0.2, -0.15) is 0 Å². The fraction of sp³-hybridized carbons (Fsp3) is 0.333. The molecule has 21 heavy (non-hydrogen) atoms. The maximum atomic E-state index is 11.2. The molecule has 1 aromatic heterocycles. The Hall–Kier alpha value is -2.09. The zero-order chi connectivity index (χ0) is 14.1. The largest absolute Gasteiger partial charge is 0.355 e. The minimum absolute atomic E-state index is 0.396. The summed E-state index contributed by atoms with van der Waals surface area (Å²) >= 11 is 0. The van der Waals surface area contributed by atoms with Gasteiger partial charge in [0, 0.05) is 46.6 Å². The number of H-pyrrole nitrogens is 1. The summed E-state index contributed by atoms with van der Waals surface area (Å²) in [5.41, 5.74) is 6.26. The van der Waals surface area contributed by atoms with E-state index in [0.29, 0.717) is 17.9 Å². The van der Waals surface area contributed by atoms with Gasteiger partial charge >= 0.3 is 0 Å². The summed E-state index contributed by atoms with van der Waals surface area (Å²) in [5, 5.41) is 1.39. The number of fused-ring (bicyclic) bond motifs is 3. The molecule has 0 radical (unpaired) electrons. The lowest BCUT2D eigenvalue weighted by molar-refractivity contribution is 0.177. The quantitative estimate of drug-likeness (QED) is 0.751. The van der Waals surface area contributed by atoms with E-state index in [-0.39, 0.29) is 0 Å². The lowest BCUT2D eigenvalue weighted by atomic mass is 9.69. The van der Waals surface area contributed by atoms with Gasteiger partial charge in [0.2, 0.25) is 0 Å². The van der Waals surface area contributed by atoms with Gasteiger partial charge in [0.05, 0.1) is 0 Å². The Morgan fingerprint density at radius 2 is 2.29 bits per heavy atom. The summed E-state index contributed by atoms with van der Waals surface area (Å²) < 4.78 is 0. The number of carbonyl (C=O) groups excluding carboxylic acids is 1. The molecule has 0 spiro atoms. The number of nitrogens with one attached hydrogen (secondary N) is 1. The van der Waals surface area contributed by atoms with Crippen LogP contribution in [0.2, 0.25) is 0 Å². The van der Waals surface area contributed by atoms with Crippen LogP contribution in [0.5, 0.6) is 0 Å². The number of hydrogen-bond acceptors (Lipinski definition) is 2. The van der Waals surface area contributed by atoms with Crippen LogP contribution in [0.15, 0.2) is 29.8 Å². The fourth-order valence-corrected chi connectivity index (χ4v) is 4.75. The highest BCUT2D eigenvalue weighted by atomic mass is 16.1. The predicted octanol–water partition coefficient (Wildman–Crippen LogP) is 2.84. The number of likely N-dealkylation sites (tertiary alicyclic amines) is 1. The first-order valence-electron chi connectivity index (χ1n) is 7.53. The van der Waals surface area contributed by atoms with Gasteiger partial charge in [-0.25, -0.2) is 4.79 Å². The molecular formula is C18H16N2O. The van der Waals surface area contributed by atoms with Crippen LogP contribution in [0.4, 0.5) is 0 Å². The van der Waals surface area contributed by atoms with E-state index >= 15 is 0 Å². The van der Waals surface area contributed by atoms with Crippen molar-refractivity contribution in [1.29, 1.82) is 0 Å². The first-order valence-corrected chi connectivity index (χ1v) is 7.53. The Balaban J connectivity index is 1.83. The van der Waals surface area contributed by atoms with Gasteiger partial charge in [0.15, 0.2) is 0 Å². The third-order valence-corrected chi connectivity index (χ3v) is 5.47. The monoisotopic (exact) mass is 276 g/mol. The highest BCUT2D eigenvalue weighted by Gasteiger charge is 2.45. The Morgan fingerprint density at radius 1 is 1.38 bits per heavy atom. The van der Waals surface area contributed by atoms with Crippen molar-refractivity contribution in [3.05, 3.63) is 46.7 Å². The number of nitrogens with zero attached hydrogens (tertiary/aromatic N) is 1. The van der Waals surface area contributed by atoms with Crippen molar-refractivity contribution in [2.45, 2.75) is 24.3 Å². The molecule has 3 nitrogen and oxygen atoms in total. The number of rotatable bonds is 0. The number of benzene rings is 1. The van der Waals surface area contributed by atoms with E-state index in [0.717, 1.165) is 18.5 Å². The Kier molecular flexibility index (Phi) is 2.07. The van der Waals surface area contributed by atoms with Gasteiger partial charge in [-0.15, -0.1) is 0 Å². The molecule has 1 aromatic carbocycles. The number of likely N-dealkylation sites (N-methyl/N-ethyl adjacent to an activating group) is 1. The lowest BCUT2D eigenvalue weighted by Gasteiger charge is -2.45. The smallest absolute Gasteiger partial charge is 0.124 e. The standard InChI is InChI=1S/C18H16N2O/c1-20-8-10(9-21)7-13-11-3-2-4-14-16(11)17-12(18(13)20)5-6-15(17)19-14/h2-6,12-13,18-19H,7-8H2,1H3/t12?,13?,18-/m1/s1.